The maximum atomic E-state index is 11.8. The summed E-state index contributed by atoms with van der Waals surface area (Å²) in [7, 11) is 0. The zero-order valence-corrected chi connectivity index (χ0v) is 8.87. The number of carbonyl (C=O) groups is 1. The minimum Gasteiger partial charge on any atom is -0.289 e. The highest BCUT2D eigenvalue weighted by Crippen LogP contribution is 2.05. The van der Waals surface area contributed by atoms with Crippen LogP contribution in [0.2, 0.25) is 0 Å². The third-order valence-corrected chi connectivity index (χ3v) is 2.18. The molecule has 4 nitrogen and oxygen atoms in total. The lowest BCUT2D eigenvalue weighted by atomic mass is 10.1. The van der Waals surface area contributed by atoms with Crippen molar-refractivity contribution in [2.24, 2.45) is 0 Å². The predicted molar refractivity (Wildman–Crippen MR) is 60.7 cm³/mol. The average Bonchev–Trinajstić information content (AvgIpc) is 2.83. The Kier molecular flexibility index (Phi) is 2.91. The molecule has 0 atom stereocenters. The van der Waals surface area contributed by atoms with E-state index in [0.29, 0.717) is 5.56 Å². The molecule has 1 aromatic heterocycles. The topological polar surface area (TPSA) is 47.8 Å². The maximum absolute atomic E-state index is 11.8. The molecule has 16 heavy (non-hydrogen) atoms. The lowest BCUT2D eigenvalue weighted by molar-refractivity contribution is 0.104. The van der Waals surface area contributed by atoms with Crippen LogP contribution in [0.15, 0.2) is 49.1 Å². The molecule has 80 valence electrons. The van der Waals surface area contributed by atoms with Crippen molar-refractivity contribution in [1.29, 1.82) is 0 Å². The van der Waals surface area contributed by atoms with Crippen LogP contribution in [-0.2, 0) is 0 Å². The largest absolute Gasteiger partial charge is 0.289 e. The molecule has 0 saturated carbocycles. The van der Waals surface area contributed by atoms with Gasteiger partial charge in [0.2, 0.25) is 0 Å². The summed E-state index contributed by atoms with van der Waals surface area (Å²) in [5, 5.41) is 3.95. The standard InChI is InChI=1S/C12H11N3O/c1-10(15-9-13-8-14-15)7-12(16)11-5-3-2-4-6-11/h2-9H,1H3/b10-7+. The summed E-state index contributed by atoms with van der Waals surface area (Å²) >= 11 is 0. The molecule has 0 radical (unpaired) electrons. The van der Waals surface area contributed by atoms with E-state index in [0.717, 1.165) is 5.70 Å². The zero-order valence-electron chi connectivity index (χ0n) is 8.87. The number of rotatable bonds is 3. The third kappa shape index (κ3) is 2.23. The summed E-state index contributed by atoms with van der Waals surface area (Å²) in [6.07, 6.45) is 4.54. The second kappa shape index (κ2) is 4.53. The fourth-order valence-corrected chi connectivity index (χ4v) is 1.33. The number of aromatic nitrogens is 3. The Morgan fingerprint density at radius 1 is 1.31 bits per heavy atom. The summed E-state index contributed by atoms with van der Waals surface area (Å²) in [5.74, 6) is -0.0337. The lowest BCUT2D eigenvalue weighted by Gasteiger charge is -1.99. The second-order valence-corrected chi connectivity index (χ2v) is 3.36. The van der Waals surface area contributed by atoms with Crippen LogP contribution in [0.1, 0.15) is 17.3 Å². The molecule has 0 aliphatic rings. The first-order chi connectivity index (χ1) is 7.77. The van der Waals surface area contributed by atoms with Gasteiger partial charge in [-0.15, -0.1) is 0 Å². The highest BCUT2D eigenvalue weighted by Gasteiger charge is 2.03. The van der Waals surface area contributed by atoms with Gasteiger partial charge in [-0.1, -0.05) is 30.3 Å². The number of carbonyl (C=O) groups excluding carboxylic acids is 1. The van der Waals surface area contributed by atoms with E-state index in [1.54, 1.807) is 29.2 Å². The summed E-state index contributed by atoms with van der Waals surface area (Å²) in [6.45, 7) is 1.82. The van der Waals surface area contributed by atoms with Gasteiger partial charge in [-0.25, -0.2) is 9.67 Å². The van der Waals surface area contributed by atoms with Crippen LogP contribution in [0, 0.1) is 0 Å². The van der Waals surface area contributed by atoms with Crippen molar-refractivity contribution in [2.75, 3.05) is 0 Å². The molecule has 0 N–H and O–H groups in total. The van der Waals surface area contributed by atoms with Gasteiger partial charge in [-0.3, -0.25) is 4.79 Å². The van der Waals surface area contributed by atoms with E-state index in [1.807, 2.05) is 25.1 Å². The Morgan fingerprint density at radius 3 is 2.69 bits per heavy atom. The molecule has 2 rings (SSSR count). The molecule has 0 aliphatic carbocycles. The Balaban J connectivity index is 2.22. The van der Waals surface area contributed by atoms with Crippen molar-refractivity contribution in [3.63, 3.8) is 0 Å². The summed E-state index contributed by atoms with van der Waals surface area (Å²) in [4.78, 5) is 15.6. The molecule has 4 heteroatoms. The number of benzene rings is 1. The normalized spacial score (nSPS) is 11.4. The van der Waals surface area contributed by atoms with Gasteiger partial charge in [0.05, 0.1) is 0 Å². The van der Waals surface area contributed by atoms with Gasteiger partial charge in [0, 0.05) is 17.3 Å². The van der Waals surface area contributed by atoms with E-state index >= 15 is 0 Å². The van der Waals surface area contributed by atoms with Crippen molar-refractivity contribution < 1.29 is 4.79 Å². The first kappa shape index (κ1) is 10.3. The highest BCUT2D eigenvalue weighted by atomic mass is 16.1. The van der Waals surface area contributed by atoms with E-state index in [9.17, 15) is 4.79 Å². The molecule has 0 bridgehead atoms. The van der Waals surface area contributed by atoms with Crippen molar-refractivity contribution in [2.45, 2.75) is 6.92 Å². The summed E-state index contributed by atoms with van der Waals surface area (Å²) < 4.78 is 1.56. The van der Waals surface area contributed by atoms with Gasteiger partial charge in [0.25, 0.3) is 0 Å². The fourth-order valence-electron chi connectivity index (χ4n) is 1.33. The number of hydrogen-bond acceptors (Lipinski definition) is 3. The van der Waals surface area contributed by atoms with Crippen LogP contribution in [0.3, 0.4) is 0 Å². The van der Waals surface area contributed by atoms with Crippen LogP contribution in [-0.4, -0.2) is 20.5 Å². The lowest BCUT2D eigenvalue weighted by Crippen LogP contribution is -1.99. The second-order valence-electron chi connectivity index (χ2n) is 3.36. The molecule has 0 saturated heterocycles. The number of nitrogens with zero attached hydrogens (tertiary/aromatic N) is 3. The Labute approximate surface area is 93.2 Å². The maximum Gasteiger partial charge on any atom is 0.187 e. The Morgan fingerprint density at radius 2 is 2.06 bits per heavy atom. The molecule has 1 heterocycles. The minimum absolute atomic E-state index is 0.0337. The van der Waals surface area contributed by atoms with Crippen LogP contribution < -0.4 is 0 Å². The van der Waals surface area contributed by atoms with Gasteiger partial charge in [0.15, 0.2) is 5.78 Å². The van der Waals surface area contributed by atoms with Crippen LogP contribution in [0.25, 0.3) is 5.70 Å². The number of hydrogen-bond donors (Lipinski definition) is 0. The van der Waals surface area contributed by atoms with E-state index in [4.69, 9.17) is 0 Å². The monoisotopic (exact) mass is 213 g/mol. The Hall–Kier alpha value is -2.23. The molecule has 1 aromatic carbocycles. The van der Waals surface area contributed by atoms with E-state index in [2.05, 4.69) is 10.1 Å². The molecular formula is C12H11N3O. The average molecular weight is 213 g/mol. The SMILES string of the molecule is C/C(=C\C(=O)c1ccccc1)n1cncn1. The van der Waals surface area contributed by atoms with Crippen molar-refractivity contribution >= 4 is 11.5 Å². The predicted octanol–water partition coefficient (Wildman–Crippen LogP) is 2.02. The summed E-state index contributed by atoms with van der Waals surface area (Å²) in [6, 6.07) is 9.13. The van der Waals surface area contributed by atoms with Crippen LogP contribution in [0.5, 0.6) is 0 Å². The third-order valence-electron chi connectivity index (χ3n) is 2.18. The van der Waals surface area contributed by atoms with E-state index < -0.39 is 0 Å². The number of allylic oxidation sites excluding steroid dienone is 2. The molecule has 0 amide bonds. The molecule has 0 unspecified atom stereocenters. The summed E-state index contributed by atoms with van der Waals surface area (Å²) in [5.41, 5.74) is 1.41. The molecule has 0 spiro atoms. The van der Waals surface area contributed by atoms with Gasteiger partial charge in [-0.2, -0.15) is 5.10 Å². The molecule has 0 aliphatic heterocycles. The fraction of sp³-hybridized carbons (Fsp3) is 0.0833. The zero-order chi connectivity index (χ0) is 11.4. The van der Waals surface area contributed by atoms with Gasteiger partial charge in [-0.05, 0) is 6.92 Å². The van der Waals surface area contributed by atoms with E-state index in [1.165, 1.54) is 6.33 Å². The van der Waals surface area contributed by atoms with Crippen LogP contribution in [0.4, 0.5) is 0 Å². The quantitative estimate of drug-likeness (QED) is 0.579. The molecule has 0 fully saturated rings. The Bertz CT molecular complexity index is 500. The minimum atomic E-state index is -0.0337. The van der Waals surface area contributed by atoms with Crippen molar-refractivity contribution in [1.82, 2.24) is 14.8 Å². The first-order valence-corrected chi connectivity index (χ1v) is 4.90. The van der Waals surface area contributed by atoms with Gasteiger partial charge in [0.1, 0.15) is 12.7 Å². The molecular weight excluding hydrogens is 202 g/mol. The number of ketones is 1. The van der Waals surface area contributed by atoms with Crippen molar-refractivity contribution in [3.8, 4) is 0 Å². The first-order valence-electron chi connectivity index (χ1n) is 4.90. The van der Waals surface area contributed by atoms with E-state index in [-0.39, 0.29) is 5.78 Å². The van der Waals surface area contributed by atoms with Crippen LogP contribution >= 0.6 is 0 Å². The molecule has 2 aromatic rings. The highest BCUT2D eigenvalue weighted by molar-refractivity contribution is 6.07. The van der Waals surface area contributed by atoms with Crippen molar-refractivity contribution in [3.05, 3.63) is 54.6 Å². The smallest absolute Gasteiger partial charge is 0.187 e. The van der Waals surface area contributed by atoms with Gasteiger partial charge < -0.3 is 0 Å². The van der Waals surface area contributed by atoms with Gasteiger partial charge >= 0.3 is 0 Å².